The van der Waals surface area contributed by atoms with E-state index in [1.807, 2.05) is 0 Å². The number of aliphatic hydroxyl groups is 1. The minimum Gasteiger partial charge on any atom is -0.435 e. The summed E-state index contributed by atoms with van der Waals surface area (Å²) < 4.78 is 28.4. The van der Waals surface area contributed by atoms with Crippen molar-refractivity contribution in [3.05, 3.63) is 29.8 Å². The molecule has 0 spiro atoms. The van der Waals surface area contributed by atoms with E-state index < -0.39 is 12.7 Å². The fraction of sp³-hybridized carbons (Fsp3) is 0.533. The number of aliphatic hydroxyl groups excluding tert-OH is 1. The Morgan fingerprint density at radius 3 is 2.32 bits per heavy atom. The molecule has 5 nitrogen and oxygen atoms in total. The molecule has 1 aromatic rings. The number of carbonyl (C=O) groups is 1. The molecule has 0 aromatic heterocycles. The molecule has 0 aliphatic carbocycles. The van der Waals surface area contributed by atoms with Gasteiger partial charge in [-0.05, 0) is 17.7 Å². The molecule has 0 radical (unpaired) electrons. The quantitative estimate of drug-likeness (QED) is 0.894. The van der Waals surface area contributed by atoms with E-state index in [9.17, 15) is 18.7 Å². The first-order chi connectivity index (χ1) is 10.5. The van der Waals surface area contributed by atoms with Gasteiger partial charge in [0, 0.05) is 39.6 Å². The normalized spacial score (nSPS) is 17.6. The summed E-state index contributed by atoms with van der Waals surface area (Å²) in [6.07, 6.45) is -0.704. The highest BCUT2D eigenvalue weighted by atomic mass is 19.3. The van der Waals surface area contributed by atoms with Gasteiger partial charge >= 0.3 is 6.61 Å². The maximum absolute atomic E-state index is 12.1. The van der Waals surface area contributed by atoms with Crippen LogP contribution in [0.25, 0.3) is 0 Å². The predicted molar refractivity (Wildman–Crippen MR) is 76.7 cm³/mol. The van der Waals surface area contributed by atoms with E-state index in [0.717, 1.165) is 0 Å². The molecule has 1 amide bonds. The van der Waals surface area contributed by atoms with Gasteiger partial charge in [-0.2, -0.15) is 8.78 Å². The van der Waals surface area contributed by atoms with E-state index in [0.29, 0.717) is 38.3 Å². The van der Waals surface area contributed by atoms with Crippen LogP contribution in [-0.2, 0) is 4.79 Å². The van der Waals surface area contributed by atoms with Crippen LogP contribution >= 0.6 is 0 Å². The number of nitrogens with zero attached hydrogens (tertiary/aromatic N) is 2. The Morgan fingerprint density at radius 1 is 1.23 bits per heavy atom. The molecular weight excluding hydrogens is 294 g/mol. The topological polar surface area (TPSA) is 53.0 Å². The Labute approximate surface area is 128 Å². The Bertz CT molecular complexity index is 488. The van der Waals surface area contributed by atoms with Crippen LogP contribution in [0.2, 0.25) is 0 Å². The number of halogens is 2. The van der Waals surface area contributed by atoms with Crippen molar-refractivity contribution < 1.29 is 23.4 Å². The average Bonchev–Trinajstić information content (AvgIpc) is 2.48. The molecule has 2 rings (SSSR count). The van der Waals surface area contributed by atoms with Crippen molar-refractivity contribution in [3.63, 3.8) is 0 Å². The summed E-state index contributed by atoms with van der Waals surface area (Å²) in [4.78, 5) is 15.1. The molecule has 0 bridgehead atoms. The fourth-order valence-electron chi connectivity index (χ4n) is 2.47. The zero-order valence-corrected chi connectivity index (χ0v) is 12.4. The van der Waals surface area contributed by atoms with Gasteiger partial charge in [0.15, 0.2) is 0 Å². The van der Waals surface area contributed by atoms with Crippen LogP contribution < -0.4 is 4.74 Å². The largest absolute Gasteiger partial charge is 0.435 e. The van der Waals surface area contributed by atoms with Gasteiger partial charge < -0.3 is 14.7 Å². The maximum Gasteiger partial charge on any atom is 0.387 e. The van der Waals surface area contributed by atoms with E-state index in [-0.39, 0.29) is 11.7 Å². The zero-order chi connectivity index (χ0) is 16.1. The van der Waals surface area contributed by atoms with E-state index in [4.69, 9.17) is 0 Å². The number of rotatable bonds is 5. The van der Waals surface area contributed by atoms with Crippen LogP contribution in [0.3, 0.4) is 0 Å². The van der Waals surface area contributed by atoms with E-state index in [2.05, 4.69) is 9.64 Å². The van der Waals surface area contributed by atoms with Crippen LogP contribution in [0, 0.1) is 0 Å². The summed E-state index contributed by atoms with van der Waals surface area (Å²) in [5, 5.41) is 10.2. The summed E-state index contributed by atoms with van der Waals surface area (Å²) in [7, 11) is 0. The lowest BCUT2D eigenvalue weighted by Gasteiger charge is -2.35. The highest BCUT2D eigenvalue weighted by Gasteiger charge is 2.21. The Morgan fingerprint density at radius 2 is 1.82 bits per heavy atom. The molecule has 1 atom stereocenters. The lowest BCUT2D eigenvalue weighted by Crippen LogP contribution is -2.48. The molecule has 1 aromatic carbocycles. The molecule has 122 valence electrons. The molecule has 1 aliphatic rings. The van der Waals surface area contributed by atoms with Gasteiger partial charge in [-0.3, -0.25) is 9.69 Å². The number of β-amino-alcohol motifs (C(OH)–C–C–N with tert-alkyl or cyclic N) is 1. The van der Waals surface area contributed by atoms with Crippen molar-refractivity contribution in [2.75, 3.05) is 32.7 Å². The zero-order valence-electron chi connectivity index (χ0n) is 12.4. The van der Waals surface area contributed by atoms with Gasteiger partial charge in [-0.1, -0.05) is 12.1 Å². The molecule has 1 saturated heterocycles. The van der Waals surface area contributed by atoms with Crippen LogP contribution in [0.4, 0.5) is 8.78 Å². The lowest BCUT2D eigenvalue weighted by molar-refractivity contribution is -0.130. The van der Waals surface area contributed by atoms with E-state index in [1.54, 1.807) is 24.0 Å². The summed E-state index contributed by atoms with van der Waals surface area (Å²) in [6.45, 7) is 1.88. The van der Waals surface area contributed by atoms with Gasteiger partial charge in [-0.25, -0.2) is 0 Å². The standard InChI is InChI=1S/C15H20F2N2O3/c1-11(20)19-8-6-18(7-9-19)10-14(21)12-2-4-13(5-3-12)22-15(16)17/h2-5,14-15,21H,6-10H2,1H3. The SMILES string of the molecule is CC(=O)N1CCN(CC(O)c2ccc(OC(F)F)cc2)CC1. The summed E-state index contributed by atoms with van der Waals surface area (Å²) in [5.74, 6) is 0.135. The Balaban J connectivity index is 1.84. The van der Waals surface area contributed by atoms with Crippen molar-refractivity contribution in [2.24, 2.45) is 0 Å². The number of alkyl halides is 2. The van der Waals surface area contributed by atoms with Crippen molar-refractivity contribution in [1.82, 2.24) is 9.80 Å². The highest BCUT2D eigenvalue weighted by Crippen LogP contribution is 2.20. The van der Waals surface area contributed by atoms with Crippen LogP contribution in [0.1, 0.15) is 18.6 Å². The van der Waals surface area contributed by atoms with Gasteiger partial charge in [0.05, 0.1) is 6.10 Å². The van der Waals surface area contributed by atoms with Gasteiger partial charge in [-0.15, -0.1) is 0 Å². The molecular formula is C15H20F2N2O3. The number of carbonyl (C=O) groups excluding carboxylic acids is 1. The van der Waals surface area contributed by atoms with Gasteiger partial charge in [0.1, 0.15) is 5.75 Å². The number of amides is 1. The molecule has 7 heteroatoms. The molecule has 1 aliphatic heterocycles. The molecule has 1 N–H and O–H groups in total. The maximum atomic E-state index is 12.1. The third-order valence-electron chi connectivity index (χ3n) is 3.74. The second kappa shape index (κ2) is 7.51. The van der Waals surface area contributed by atoms with Crippen molar-refractivity contribution in [3.8, 4) is 5.75 Å². The van der Waals surface area contributed by atoms with Crippen molar-refractivity contribution in [1.29, 1.82) is 0 Å². The van der Waals surface area contributed by atoms with E-state index in [1.165, 1.54) is 12.1 Å². The third kappa shape index (κ3) is 4.64. The van der Waals surface area contributed by atoms with Crippen LogP contribution in [-0.4, -0.2) is 60.1 Å². The van der Waals surface area contributed by atoms with Gasteiger partial charge in [0.2, 0.25) is 5.91 Å². The molecule has 0 saturated carbocycles. The fourth-order valence-corrected chi connectivity index (χ4v) is 2.47. The monoisotopic (exact) mass is 314 g/mol. The number of piperazine rings is 1. The van der Waals surface area contributed by atoms with Crippen molar-refractivity contribution in [2.45, 2.75) is 19.6 Å². The second-order valence-corrected chi connectivity index (χ2v) is 5.27. The minimum atomic E-state index is -2.85. The summed E-state index contributed by atoms with van der Waals surface area (Å²) in [5.41, 5.74) is 0.649. The number of hydrogen-bond acceptors (Lipinski definition) is 4. The molecule has 1 heterocycles. The van der Waals surface area contributed by atoms with E-state index >= 15 is 0 Å². The first kappa shape index (κ1) is 16.6. The second-order valence-electron chi connectivity index (χ2n) is 5.27. The van der Waals surface area contributed by atoms with Crippen LogP contribution in [0.5, 0.6) is 5.75 Å². The highest BCUT2D eigenvalue weighted by molar-refractivity contribution is 5.73. The van der Waals surface area contributed by atoms with Gasteiger partial charge in [0.25, 0.3) is 0 Å². The molecule has 1 fully saturated rings. The summed E-state index contributed by atoms with van der Waals surface area (Å²) in [6, 6.07) is 5.99. The molecule has 22 heavy (non-hydrogen) atoms. The smallest absolute Gasteiger partial charge is 0.387 e. The third-order valence-corrected chi connectivity index (χ3v) is 3.74. The first-order valence-electron chi connectivity index (χ1n) is 7.16. The lowest BCUT2D eigenvalue weighted by atomic mass is 10.1. The average molecular weight is 314 g/mol. The minimum absolute atomic E-state index is 0.0646. The Kier molecular flexibility index (Phi) is 5.68. The number of benzene rings is 1. The van der Waals surface area contributed by atoms with Crippen molar-refractivity contribution >= 4 is 5.91 Å². The first-order valence-corrected chi connectivity index (χ1v) is 7.16. The molecule has 1 unspecified atom stereocenters. The van der Waals surface area contributed by atoms with Crippen LogP contribution in [0.15, 0.2) is 24.3 Å². The summed E-state index contributed by atoms with van der Waals surface area (Å²) >= 11 is 0. The Hall–Kier alpha value is -1.73. The predicted octanol–water partition coefficient (Wildman–Crippen LogP) is 1.49. The number of hydrogen-bond donors (Lipinski definition) is 1. The number of ether oxygens (including phenoxy) is 1.